The number of nitrogens with one attached hydrogen (secondary N) is 1. The van der Waals surface area contributed by atoms with Crippen molar-refractivity contribution in [1.82, 2.24) is 5.32 Å². The SMILES string of the molecule is COc1ccc(CC2NCCC2C)cc1. The van der Waals surface area contributed by atoms with Gasteiger partial charge in [0.15, 0.2) is 0 Å². The van der Waals surface area contributed by atoms with Crippen LogP contribution in [0.1, 0.15) is 18.9 Å². The van der Waals surface area contributed by atoms with E-state index < -0.39 is 0 Å². The third-order valence-corrected chi connectivity index (χ3v) is 3.31. The highest BCUT2D eigenvalue weighted by Gasteiger charge is 2.22. The van der Waals surface area contributed by atoms with Crippen LogP contribution in [0.2, 0.25) is 0 Å². The lowest BCUT2D eigenvalue weighted by atomic mass is 9.96. The summed E-state index contributed by atoms with van der Waals surface area (Å²) in [5.74, 6) is 1.73. The first-order chi connectivity index (χ1) is 7.29. The zero-order chi connectivity index (χ0) is 10.7. The Morgan fingerprint density at radius 3 is 2.60 bits per heavy atom. The topological polar surface area (TPSA) is 21.3 Å². The Bertz CT molecular complexity index is 307. The van der Waals surface area contributed by atoms with Gasteiger partial charge in [-0.3, -0.25) is 0 Å². The first-order valence-electron chi connectivity index (χ1n) is 5.66. The molecular weight excluding hydrogens is 186 g/mol. The summed E-state index contributed by atoms with van der Waals surface area (Å²) in [5.41, 5.74) is 1.39. The Kier molecular flexibility index (Phi) is 3.27. The summed E-state index contributed by atoms with van der Waals surface area (Å²) in [4.78, 5) is 0. The van der Waals surface area contributed by atoms with Gasteiger partial charge in [-0.15, -0.1) is 0 Å². The molecule has 15 heavy (non-hydrogen) atoms. The number of rotatable bonds is 3. The molecule has 2 atom stereocenters. The predicted octanol–water partition coefficient (Wildman–Crippen LogP) is 2.24. The van der Waals surface area contributed by atoms with Crippen molar-refractivity contribution in [3.8, 4) is 5.75 Å². The van der Waals surface area contributed by atoms with E-state index in [-0.39, 0.29) is 0 Å². The van der Waals surface area contributed by atoms with Gasteiger partial charge in [0.1, 0.15) is 5.75 Å². The van der Waals surface area contributed by atoms with Crippen molar-refractivity contribution in [3.05, 3.63) is 29.8 Å². The Morgan fingerprint density at radius 2 is 2.07 bits per heavy atom. The van der Waals surface area contributed by atoms with E-state index in [1.807, 2.05) is 12.1 Å². The van der Waals surface area contributed by atoms with E-state index in [0.717, 1.165) is 18.1 Å². The van der Waals surface area contributed by atoms with E-state index in [2.05, 4.69) is 24.4 Å². The van der Waals surface area contributed by atoms with Crippen molar-refractivity contribution in [2.75, 3.05) is 13.7 Å². The molecule has 1 N–H and O–H groups in total. The molecule has 1 heterocycles. The lowest BCUT2D eigenvalue weighted by molar-refractivity contribution is 0.414. The van der Waals surface area contributed by atoms with Gasteiger partial charge in [-0.1, -0.05) is 19.1 Å². The molecule has 0 saturated carbocycles. The highest BCUT2D eigenvalue weighted by atomic mass is 16.5. The van der Waals surface area contributed by atoms with Crippen LogP contribution in [0, 0.1) is 5.92 Å². The minimum absolute atomic E-state index is 0.651. The summed E-state index contributed by atoms with van der Waals surface area (Å²) >= 11 is 0. The van der Waals surface area contributed by atoms with Crippen molar-refractivity contribution in [3.63, 3.8) is 0 Å². The Morgan fingerprint density at radius 1 is 1.33 bits per heavy atom. The summed E-state index contributed by atoms with van der Waals surface area (Å²) in [6.45, 7) is 3.50. The van der Waals surface area contributed by atoms with Crippen LogP contribution in [-0.4, -0.2) is 19.7 Å². The van der Waals surface area contributed by atoms with Crippen molar-refractivity contribution >= 4 is 0 Å². The second-order valence-corrected chi connectivity index (χ2v) is 4.38. The normalized spacial score (nSPS) is 25.5. The summed E-state index contributed by atoms with van der Waals surface area (Å²) in [6.07, 6.45) is 2.44. The Balaban J connectivity index is 1.98. The molecule has 1 fully saturated rings. The van der Waals surface area contributed by atoms with Crippen molar-refractivity contribution in [2.24, 2.45) is 5.92 Å². The van der Waals surface area contributed by atoms with Crippen LogP contribution >= 0.6 is 0 Å². The second kappa shape index (κ2) is 4.67. The Hall–Kier alpha value is -1.02. The van der Waals surface area contributed by atoms with Gasteiger partial charge < -0.3 is 10.1 Å². The van der Waals surface area contributed by atoms with Crippen LogP contribution in [0.25, 0.3) is 0 Å². The van der Waals surface area contributed by atoms with Crippen LogP contribution in [0.15, 0.2) is 24.3 Å². The van der Waals surface area contributed by atoms with Gasteiger partial charge >= 0.3 is 0 Å². The smallest absolute Gasteiger partial charge is 0.118 e. The molecule has 1 aromatic rings. The van der Waals surface area contributed by atoms with Crippen molar-refractivity contribution in [2.45, 2.75) is 25.8 Å². The standard InChI is InChI=1S/C13H19NO/c1-10-7-8-14-13(10)9-11-3-5-12(15-2)6-4-11/h3-6,10,13-14H,7-9H2,1-2H3. The molecule has 1 saturated heterocycles. The highest BCUT2D eigenvalue weighted by Crippen LogP contribution is 2.20. The molecule has 2 heteroatoms. The molecule has 0 bridgehead atoms. The van der Waals surface area contributed by atoms with Crippen LogP contribution in [0.5, 0.6) is 5.75 Å². The van der Waals surface area contributed by atoms with Crippen molar-refractivity contribution < 1.29 is 4.74 Å². The molecule has 0 spiro atoms. The fourth-order valence-electron chi connectivity index (χ4n) is 2.19. The molecule has 82 valence electrons. The largest absolute Gasteiger partial charge is 0.497 e. The van der Waals surface area contributed by atoms with E-state index in [1.54, 1.807) is 7.11 Å². The Labute approximate surface area is 91.6 Å². The third-order valence-electron chi connectivity index (χ3n) is 3.31. The van der Waals surface area contributed by atoms with E-state index in [9.17, 15) is 0 Å². The molecule has 0 aliphatic carbocycles. The van der Waals surface area contributed by atoms with Gasteiger partial charge in [0, 0.05) is 6.04 Å². The number of benzene rings is 1. The van der Waals surface area contributed by atoms with Gasteiger partial charge in [0.25, 0.3) is 0 Å². The maximum Gasteiger partial charge on any atom is 0.118 e. The fraction of sp³-hybridized carbons (Fsp3) is 0.538. The molecule has 2 unspecified atom stereocenters. The molecular formula is C13H19NO. The average molecular weight is 205 g/mol. The molecule has 0 amide bonds. The molecule has 1 aromatic carbocycles. The maximum absolute atomic E-state index is 5.14. The summed E-state index contributed by atoms with van der Waals surface area (Å²) in [7, 11) is 1.70. The third kappa shape index (κ3) is 2.51. The minimum Gasteiger partial charge on any atom is -0.497 e. The number of hydrogen-bond acceptors (Lipinski definition) is 2. The summed E-state index contributed by atoms with van der Waals surface area (Å²) < 4.78 is 5.14. The highest BCUT2D eigenvalue weighted by molar-refractivity contribution is 5.27. The van der Waals surface area contributed by atoms with Gasteiger partial charge in [-0.05, 0) is 43.0 Å². The molecule has 2 nitrogen and oxygen atoms in total. The zero-order valence-electron chi connectivity index (χ0n) is 9.49. The van der Waals surface area contributed by atoms with Gasteiger partial charge in [-0.25, -0.2) is 0 Å². The van der Waals surface area contributed by atoms with Crippen LogP contribution in [0.3, 0.4) is 0 Å². The maximum atomic E-state index is 5.14. The number of methoxy groups -OCH3 is 1. The van der Waals surface area contributed by atoms with Crippen LogP contribution in [-0.2, 0) is 6.42 Å². The zero-order valence-corrected chi connectivity index (χ0v) is 9.49. The van der Waals surface area contributed by atoms with Crippen LogP contribution in [0.4, 0.5) is 0 Å². The second-order valence-electron chi connectivity index (χ2n) is 4.38. The molecule has 0 radical (unpaired) electrons. The lowest BCUT2D eigenvalue weighted by Gasteiger charge is -2.15. The van der Waals surface area contributed by atoms with E-state index in [1.165, 1.54) is 18.5 Å². The first-order valence-corrected chi connectivity index (χ1v) is 5.66. The van der Waals surface area contributed by atoms with Gasteiger partial charge in [-0.2, -0.15) is 0 Å². The quantitative estimate of drug-likeness (QED) is 0.817. The van der Waals surface area contributed by atoms with E-state index >= 15 is 0 Å². The monoisotopic (exact) mass is 205 g/mol. The van der Waals surface area contributed by atoms with Gasteiger partial charge in [0.05, 0.1) is 7.11 Å². The fourth-order valence-corrected chi connectivity index (χ4v) is 2.19. The van der Waals surface area contributed by atoms with Crippen LogP contribution < -0.4 is 10.1 Å². The number of ether oxygens (including phenoxy) is 1. The average Bonchev–Trinajstić information content (AvgIpc) is 2.66. The summed E-state index contributed by atoms with van der Waals surface area (Å²) in [6, 6.07) is 9.04. The molecule has 2 rings (SSSR count). The van der Waals surface area contributed by atoms with Crippen molar-refractivity contribution in [1.29, 1.82) is 0 Å². The predicted molar refractivity (Wildman–Crippen MR) is 62.3 cm³/mol. The molecule has 0 aromatic heterocycles. The molecule has 1 aliphatic heterocycles. The van der Waals surface area contributed by atoms with Gasteiger partial charge in [0.2, 0.25) is 0 Å². The van der Waals surface area contributed by atoms with E-state index in [4.69, 9.17) is 4.74 Å². The minimum atomic E-state index is 0.651. The lowest BCUT2D eigenvalue weighted by Crippen LogP contribution is -2.27. The number of hydrogen-bond donors (Lipinski definition) is 1. The summed E-state index contributed by atoms with van der Waals surface area (Å²) in [5, 5.41) is 3.55. The molecule has 1 aliphatic rings. The first kappa shape index (κ1) is 10.5. The van der Waals surface area contributed by atoms with E-state index in [0.29, 0.717) is 6.04 Å².